The number of nitrogens with one attached hydrogen (secondary N) is 1. The zero-order valence-corrected chi connectivity index (χ0v) is 10.4. The first-order valence-electron chi connectivity index (χ1n) is 6.66. The lowest BCUT2D eigenvalue weighted by molar-refractivity contribution is -0.0164. The van der Waals surface area contributed by atoms with Gasteiger partial charge >= 0.3 is 0 Å². The third-order valence-electron chi connectivity index (χ3n) is 4.35. The first kappa shape index (κ1) is 12.3. The van der Waals surface area contributed by atoms with Gasteiger partial charge in [-0.3, -0.25) is 0 Å². The van der Waals surface area contributed by atoms with Crippen LogP contribution in [0.2, 0.25) is 0 Å². The van der Waals surface area contributed by atoms with Crippen LogP contribution in [0.1, 0.15) is 39.0 Å². The van der Waals surface area contributed by atoms with Gasteiger partial charge in [-0.2, -0.15) is 0 Å². The summed E-state index contributed by atoms with van der Waals surface area (Å²) in [6.07, 6.45) is 5.96. The van der Waals surface area contributed by atoms with Crippen molar-refractivity contribution in [2.75, 3.05) is 26.4 Å². The Morgan fingerprint density at radius 1 is 1.31 bits per heavy atom. The van der Waals surface area contributed by atoms with Crippen molar-refractivity contribution in [2.45, 2.75) is 45.1 Å². The number of ether oxygens (including phenoxy) is 1. The summed E-state index contributed by atoms with van der Waals surface area (Å²) in [5, 5.41) is 13.2. The van der Waals surface area contributed by atoms with Crippen LogP contribution in [0.4, 0.5) is 0 Å². The molecular formula is C13H25NO2. The number of aliphatic hydroxyl groups excluding tert-OH is 1. The molecule has 0 aromatic carbocycles. The fourth-order valence-corrected chi connectivity index (χ4v) is 2.95. The number of hydrogen-bond acceptors (Lipinski definition) is 3. The monoisotopic (exact) mass is 227 g/mol. The average Bonchev–Trinajstić information content (AvgIpc) is 2.74. The van der Waals surface area contributed by atoms with Crippen LogP contribution in [-0.2, 0) is 4.74 Å². The molecule has 1 saturated carbocycles. The Kier molecular flexibility index (Phi) is 4.22. The lowest BCUT2D eigenvalue weighted by atomic mass is 9.81. The van der Waals surface area contributed by atoms with Crippen molar-refractivity contribution in [3.05, 3.63) is 0 Å². The van der Waals surface area contributed by atoms with Gasteiger partial charge in [-0.1, -0.05) is 6.92 Å². The first-order chi connectivity index (χ1) is 7.74. The lowest BCUT2D eigenvalue weighted by Crippen LogP contribution is -2.44. The van der Waals surface area contributed by atoms with Crippen molar-refractivity contribution in [3.8, 4) is 0 Å². The van der Waals surface area contributed by atoms with E-state index in [1.165, 1.54) is 19.3 Å². The summed E-state index contributed by atoms with van der Waals surface area (Å²) in [4.78, 5) is 0. The minimum atomic E-state index is 0.0874. The molecule has 0 amide bonds. The zero-order chi connectivity index (χ0) is 11.4. The van der Waals surface area contributed by atoms with Gasteiger partial charge in [0.1, 0.15) is 0 Å². The largest absolute Gasteiger partial charge is 0.396 e. The molecule has 1 saturated heterocycles. The molecule has 0 spiro atoms. The molecule has 3 heteroatoms. The van der Waals surface area contributed by atoms with E-state index < -0.39 is 0 Å². The van der Waals surface area contributed by atoms with E-state index in [9.17, 15) is 5.11 Å². The van der Waals surface area contributed by atoms with Gasteiger partial charge in [-0.15, -0.1) is 0 Å². The Hall–Kier alpha value is -0.120. The van der Waals surface area contributed by atoms with Crippen molar-refractivity contribution in [3.63, 3.8) is 0 Å². The van der Waals surface area contributed by atoms with Gasteiger partial charge in [0.25, 0.3) is 0 Å². The molecule has 0 bridgehead atoms. The summed E-state index contributed by atoms with van der Waals surface area (Å²) in [5.74, 6) is 0.872. The Labute approximate surface area is 98.6 Å². The third-order valence-corrected chi connectivity index (χ3v) is 4.35. The maximum atomic E-state index is 9.57. The van der Waals surface area contributed by atoms with Gasteiger partial charge in [-0.05, 0) is 38.0 Å². The van der Waals surface area contributed by atoms with Crippen LogP contribution in [0.25, 0.3) is 0 Å². The second-order valence-corrected chi connectivity index (χ2v) is 5.77. The maximum Gasteiger partial charge on any atom is 0.0501 e. The molecule has 1 aliphatic heterocycles. The highest BCUT2D eigenvalue weighted by atomic mass is 16.5. The van der Waals surface area contributed by atoms with Crippen molar-refractivity contribution in [2.24, 2.45) is 11.3 Å². The number of aliphatic hydroxyl groups is 1. The Morgan fingerprint density at radius 2 is 2.06 bits per heavy atom. The van der Waals surface area contributed by atoms with E-state index in [-0.39, 0.29) is 5.41 Å². The van der Waals surface area contributed by atoms with Crippen LogP contribution in [0, 0.1) is 11.3 Å². The molecule has 0 radical (unpaired) electrons. The van der Waals surface area contributed by atoms with Crippen LogP contribution in [-0.4, -0.2) is 37.5 Å². The summed E-state index contributed by atoms with van der Waals surface area (Å²) in [5.41, 5.74) is 0.0874. The number of rotatable bonds is 4. The molecule has 2 atom stereocenters. The number of hydrogen-bond donors (Lipinski definition) is 2. The maximum absolute atomic E-state index is 9.57. The fourth-order valence-electron chi connectivity index (χ4n) is 2.95. The van der Waals surface area contributed by atoms with Crippen LogP contribution in [0.15, 0.2) is 0 Å². The Morgan fingerprint density at radius 3 is 2.62 bits per heavy atom. The first-order valence-corrected chi connectivity index (χ1v) is 6.66. The van der Waals surface area contributed by atoms with E-state index in [1.807, 2.05) is 0 Å². The summed E-state index contributed by atoms with van der Waals surface area (Å²) < 4.78 is 5.38. The zero-order valence-electron chi connectivity index (χ0n) is 10.4. The molecule has 2 unspecified atom stereocenters. The van der Waals surface area contributed by atoms with Gasteiger partial charge in [0, 0.05) is 31.2 Å². The lowest BCUT2D eigenvalue weighted by Gasteiger charge is -2.36. The van der Waals surface area contributed by atoms with Gasteiger partial charge in [-0.25, -0.2) is 0 Å². The summed E-state index contributed by atoms with van der Waals surface area (Å²) in [6.45, 7) is 5.21. The molecule has 0 aromatic rings. The third kappa shape index (κ3) is 2.96. The predicted molar refractivity (Wildman–Crippen MR) is 64.4 cm³/mol. The molecule has 3 nitrogen and oxygen atoms in total. The topological polar surface area (TPSA) is 41.5 Å². The second kappa shape index (κ2) is 5.48. The van der Waals surface area contributed by atoms with Crippen LogP contribution >= 0.6 is 0 Å². The standard InChI is InChI=1S/C13H25NO2/c1-11-2-3-12(8-11)14-9-13(10-15)4-6-16-7-5-13/h11-12,14-15H,2-10H2,1H3. The van der Waals surface area contributed by atoms with Crippen molar-refractivity contribution < 1.29 is 9.84 Å². The van der Waals surface area contributed by atoms with E-state index >= 15 is 0 Å². The minimum Gasteiger partial charge on any atom is -0.396 e. The average molecular weight is 227 g/mol. The highest BCUT2D eigenvalue weighted by Crippen LogP contribution is 2.31. The highest BCUT2D eigenvalue weighted by molar-refractivity contribution is 4.87. The molecule has 94 valence electrons. The molecule has 2 rings (SSSR count). The Bertz CT molecular complexity index is 214. The van der Waals surface area contributed by atoms with Crippen LogP contribution in [0.3, 0.4) is 0 Å². The minimum absolute atomic E-state index is 0.0874. The van der Waals surface area contributed by atoms with Gasteiger partial charge < -0.3 is 15.2 Å². The predicted octanol–water partition coefficient (Wildman–Crippen LogP) is 1.55. The van der Waals surface area contributed by atoms with Crippen molar-refractivity contribution in [1.29, 1.82) is 0 Å². The van der Waals surface area contributed by atoms with E-state index in [0.29, 0.717) is 12.6 Å². The Balaban J connectivity index is 1.78. The van der Waals surface area contributed by atoms with E-state index in [2.05, 4.69) is 12.2 Å². The normalized spacial score (nSPS) is 34.1. The summed E-state index contributed by atoms with van der Waals surface area (Å²) in [6, 6.07) is 0.682. The van der Waals surface area contributed by atoms with Crippen molar-refractivity contribution >= 4 is 0 Å². The smallest absolute Gasteiger partial charge is 0.0501 e. The molecule has 1 heterocycles. The van der Waals surface area contributed by atoms with Crippen molar-refractivity contribution in [1.82, 2.24) is 5.32 Å². The quantitative estimate of drug-likeness (QED) is 0.766. The van der Waals surface area contributed by atoms with E-state index in [0.717, 1.165) is 38.5 Å². The molecule has 0 aromatic heterocycles. The molecule has 16 heavy (non-hydrogen) atoms. The summed E-state index contributed by atoms with van der Waals surface area (Å²) in [7, 11) is 0. The van der Waals surface area contributed by atoms with E-state index in [4.69, 9.17) is 4.74 Å². The molecular weight excluding hydrogens is 202 g/mol. The summed E-state index contributed by atoms with van der Waals surface area (Å²) >= 11 is 0. The molecule has 2 N–H and O–H groups in total. The fraction of sp³-hybridized carbons (Fsp3) is 1.00. The van der Waals surface area contributed by atoms with Gasteiger partial charge in [0.2, 0.25) is 0 Å². The molecule has 2 aliphatic rings. The van der Waals surface area contributed by atoms with Crippen LogP contribution in [0.5, 0.6) is 0 Å². The van der Waals surface area contributed by atoms with E-state index in [1.54, 1.807) is 0 Å². The second-order valence-electron chi connectivity index (χ2n) is 5.77. The molecule has 2 fully saturated rings. The van der Waals surface area contributed by atoms with Gasteiger partial charge in [0.05, 0.1) is 6.61 Å². The van der Waals surface area contributed by atoms with Crippen LogP contribution < -0.4 is 5.32 Å². The SMILES string of the molecule is CC1CCC(NCC2(CO)CCOCC2)C1. The molecule has 1 aliphatic carbocycles. The highest BCUT2D eigenvalue weighted by Gasteiger charge is 2.33. The van der Waals surface area contributed by atoms with Gasteiger partial charge in [0.15, 0.2) is 0 Å².